The Balaban J connectivity index is 1.76. The summed E-state index contributed by atoms with van der Waals surface area (Å²) in [7, 11) is 2.06. The lowest BCUT2D eigenvalue weighted by Gasteiger charge is -2.25. The molecule has 0 amide bonds. The van der Waals surface area contributed by atoms with Gasteiger partial charge < -0.3 is 10.2 Å². The minimum Gasteiger partial charge on any atom is -0.369 e. The summed E-state index contributed by atoms with van der Waals surface area (Å²) in [6.45, 7) is 2.45. The maximum absolute atomic E-state index is 9.14. The van der Waals surface area contributed by atoms with E-state index >= 15 is 0 Å². The highest BCUT2D eigenvalue weighted by molar-refractivity contribution is 6.31. The number of anilines is 1. The van der Waals surface area contributed by atoms with Gasteiger partial charge in [0.1, 0.15) is 11.9 Å². The van der Waals surface area contributed by atoms with Crippen LogP contribution < -0.4 is 5.32 Å². The molecule has 1 aromatic heterocycles. The number of rotatable bonds is 4. The van der Waals surface area contributed by atoms with Gasteiger partial charge in [-0.2, -0.15) is 5.26 Å². The Morgan fingerprint density at radius 2 is 2.17 bits per heavy atom. The summed E-state index contributed by atoms with van der Waals surface area (Å²) in [6.07, 6.45) is 1.70. The first-order valence-corrected chi connectivity index (χ1v) is 8.01. The summed E-state index contributed by atoms with van der Waals surface area (Å²) in [4.78, 5) is 10.9. The Morgan fingerprint density at radius 3 is 2.96 bits per heavy atom. The summed E-state index contributed by atoms with van der Waals surface area (Å²) < 4.78 is 0. The number of aromatic nitrogens is 2. The average Bonchev–Trinajstić information content (AvgIpc) is 2.55. The second-order valence-corrected chi connectivity index (χ2v) is 6.10. The van der Waals surface area contributed by atoms with Crippen molar-refractivity contribution in [1.29, 1.82) is 5.26 Å². The summed E-state index contributed by atoms with van der Waals surface area (Å²) >= 11 is 6.18. The molecule has 0 saturated heterocycles. The molecule has 0 saturated carbocycles. The Kier molecular flexibility index (Phi) is 4.75. The number of nitriles is 1. The van der Waals surface area contributed by atoms with E-state index < -0.39 is 0 Å². The lowest BCUT2D eigenvalue weighted by Crippen LogP contribution is -2.29. The van der Waals surface area contributed by atoms with E-state index in [0.717, 1.165) is 53.6 Å². The molecule has 3 rings (SSSR count). The molecule has 0 atom stereocenters. The van der Waals surface area contributed by atoms with Crippen LogP contribution in [0.5, 0.6) is 0 Å². The molecule has 0 aliphatic carbocycles. The van der Waals surface area contributed by atoms with Crippen LogP contribution in [0.2, 0.25) is 5.02 Å². The molecular formula is C17H18ClN5. The Hall–Kier alpha value is -2.16. The maximum Gasteiger partial charge on any atom is 0.234 e. The van der Waals surface area contributed by atoms with Crippen molar-refractivity contribution < 1.29 is 0 Å². The Bertz CT molecular complexity index is 753. The molecular weight excluding hydrogens is 310 g/mol. The van der Waals surface area contributed by atoms with E-state index in [9.17, 15) is 0 Å². The Labute approximate surface area is 140 Å². The molecule has 1 N–H and O–H groups in total. The molecule has 0 spiro atoms. The van der Waals surface area contributed by atoms with Gasteiger partial charge in [0.05, 0.1) is 5.69 Å². The van der Waals surface area contributed by atoms with Gasteiger partial charge in [-0.15, -0.1) is 0 Å². The summed E-state index contributed by atoms with van der Waals surface area (Å²) in [5.74, 6) is 1.01. The van der Waals surface area contributed by atoms with Crippen LogP contribution in [-0.2, 0) is 19.4 Å². The van der Waals surface area contributed by atoms with Gasteiger partial charge in [-0.1, -0.05) is 29.8 Å². The van der Waals surface area contributed by atoms with Crippen molar-refractivity contribution in [1.82, 2.24) is 14.9 Å². The van der Waals surface area contributed by atoms with Gasteiger partial charge in [-0.3, -0.25) is 0 Å². The first-order chi connectivity index (χ1) is 11.2. The molecule has 0 unspecified atom stereocenters. The van der Waals surface area contributed by atoms with Crippen molar-refractivity contribution in [2.45, 2.75) is 19.4 Å². The van der Waals surface area contributed by atoms with Crippen LogP contribution in [0, 0.1) is 11.3 Å². The molecule has 118 valence electrons. The number of nitrogens with zero attached hydrogens (tertiary/aromatic N) is 4. The summed E-state index contributed by atoms with van der Waals surface area (Å²) in [5.41, 5.74) is 3.18. The van der Waals surface area contributed by atoms with Crippen molar-refractivity contribution >= 4 is 17.4 Å². The quantitative estimate of drug-likeness (QED) is 0.935. The number of halogens is 1. The van der Waals surface area contributed by atoms with Crippen LogP contribution in [0.1, 0.15) is 22.6 Å². The second-order valence-electron chi connectivity index (χ2n) is 5.69. The van der Waals surface area contributed by atoms with E-state index in [4.69, 9.17) is 16.9 Å². The van der Waals surface area contributed by atoms with Gasteiger partial charge in [-0.25, -0.2) is 9.97 Å². The molecule has 1 aliphatic rings. The number of fused-ring (bicyclic) bond motifs is 1. The minimum atomic E-state index is 0.222. The molecule has 6 heteroatoms. The van der Waals surface area contributed by atoms with Crippen molar-refractivity contribution in [3.05, 3.63) is 51.9 Å². The first-order valence-electron chi connectivity index (χ1n) is 7.63. The van der Waals surface area contributed by atoms with Gasteiger partial charge in [0, 0.05) is 30.2 Å². The maximum atomic E-state index is 9.14. The number of likely N-dealkylation sites (N-methyl/N-ethyl adjacent to an activating group) is 1. The molecule has 0 radical (unpaired) electrons. The van der Waals surface area contributed by atoms with Crippen LogP contribution >= 0.6 is 11.6 Å². The fourth-order valence-electron chi connectivity index (χ4n) is 2.77. The van der Waals surface area contributed by atoms with Crippen molar-refractivity contribution in [2.24, 2.45) is 0 Å². The molecule has 0 bridgehead atoms. The third kappa shape index (κ3) is 3.61. The number of benzene rings is 1. The zero-order valence-electron chi connectivity index (χ0n) is 13.0. The molecule has 1 aliphatic heterocycles. The highest BCUT2D eigenvalue weighted by Crippen LogP contribution is 2.23. The fraction of sp³-hybridized carbons (Fsp3) is 0.353. The van der Waals surface area contributed by atoms with E-state index in [-0.39, 0.29) is 5.82 Å². The largest absolute Gasteiger partial charge is 0.369 e. The van der Waals surface area contributed by atoms with E-state index in [0.29, 0.717) is 6.54 Å². The van der Waals surface area contributed by atoms with Gasteiger partial charge in [-0.05, 0) is 31.5 Å². The van der Waals surface area contributed by atoms with Crippen LogP contribution in [0.3, 0.4) is 0 Å². The van der Waals surface area contributed by atoms with E-state index in [1.807, 2.05) is 30.3 Å². The highest BCUT2D eigenvalue weighted by atomic mass is 35.5. The van der Waals surface area contributed by atoms with Crippen molar-refractivity contribution in [2.75, 3.05) is 25.5 Å². The van der Waals surface area contributed by atoms with Crippen LogP contribution in [0.25, 0.3) is 0 Å². The zero-order valence-corrected chi connectivity index (χ0v) is 13.8. The van der Waals surface area contributed by atoms with Crippen molar-refractivity contribution in [3.63, 3.8) is 0 Å². The molecule has 2 heterocycles. The summed E-state index contributed by atoms with van der Waals surface area (Å²) in [6, 6.07) is 9.88. The monoisotopic (exact) mass is 327 g/mol. The molecule has 0 fully saturated rings. The average molecular weight is 328 g/mol. The fourth-order valence-corrected chi connectivity index (χ4v) is 3.00. The van der Waals surface area contributed by atoms with Gasteiger partial charge in [0.2, 0.25) is 5.82 Å². The SMILES string of the molecule is CN1CCc2c(nc(C#N)nc2NCCc2ccccc2Cl)C1. The van der Waals surface area contributed by atoms with E-state index in [1.165, 1.54) is 0 Å². The second kappa shape index (κ2) is 6.95. The van der Waals surface area contributed by atoms with E-state index in [2.05, 4.69) is 27.2 Å². The minimum absolute atomic E-state index is 0.222. The number of nitrogens with one attached hydrogen (secondary N) is 1. The number of hydrogen-bond donors (Lipinski definition) is 1. The normalized spacial score (nSPS) is 14.1. The molecule has 2 aromatic rings. The zero-order chi connectivity index (χ0) is 16.2. The van der Waals surface area contributed by atoms with Crippen LogP contribution in [0.15, 0.2) is 24.3 Å². The Morgan fingerprint density at radius 1 is 1.35 bits per heavy atom. The predicted octanol–water partition coefficient (Wildman–Crippen LogP) is 2.64. The van der Waals surface area contributed by atoms with Gasteiger partial charge in [0.25, 0.3) is 0 Å². The van der Waals surface area contributed by atoms with Crippen molar-refractivity contribution in [3.8, 4) is 6.07 Å². The molecule has 23 heavy (non-hydrogen) atoms. The number of hydrogen-bond acceptors (Lipinski definition) is 5. The highest BCUT2D eigenvalue weighted by Gasteiger charge is 2.20. The van der Waals surface area contributed by atoms with E-state index in [1.54, 1.807) is 0 Å². The van der Waals surface area contributed by atoms with Gasteiger partial charge in [0.15, 0.2) is 0 Å². The smallest absolute Gasteiger partial charge is 0.234 e. The van der Waals surface area contributed by atoms with Gasteiger partial charge >= 0.3 is 0 Å². The lowest BCUT2D eigenvalue weighted by atomic mass is 10.1. The third-order valence-electron chi connectivity index (χ3n) is 4.00. The molecule has 1 aromatic carbocycles. The molecule has 5 nitrogen and oxygen atoms in total. The topological polar surface area (TPSA) is 64.8 Å². The summed E-state index contributed by atoms with van der Waals surface area (Å²) in [5, 5.41) is 13.3. The van der Waals surface area contributed by atoms with Crippen LogP contribution in [-0.4, -0.2) is 35.0 Å². The first kappa shape index (κ1) is 15.7. The predicted molar refractivity (Wildman–Crippen MR) is 90.4 cm³/mol. The third-order valence-corrected chi connectivity index (χ3v) is 4.37. The van der Waals surface area contributed by atoms with Crippen LogP contribution in [0.4, 0.5) is 5.82 Å². The lowest BCUT2D eigenvalue weighted by molar-refractivity contribution is 0.307. The standard InChI is InChI=1S/C17H18ClN5/c1-23-9-7-13-15(11-23)21-16(10-19)22-17(13)20-8-6-12-4-2-3-5-14(12)18/h2-5H,6-9,11H2,1H3,(H,20,21,22).